The van der Waals surface area contributed by atoms with E-state index in [0.717, 1.165) is 6.54 Å². The summed E-state index contributed by atoms with van der Waals surface area (Å²) < 4.78 is 4.65. The fourth-order valence-corrected chi connectivity index (χ4v) is 2.59. The third-order valence-corrected chi connectivity index (χ3v) is 4.02. The number of hydrogen-bond acceptors (Lipinski definition) is 3. The molecule has 0 fully saturated rings. The molecule has 0 saturated carbocycles. The number of likely N-dealkylation sites (N-methyl/N-ethyl adjacent to an activating group) is 1. The summed E-state index contributed by atoms with van der Waals surface area (Å²) in [5.74, 6) is -0.142. The lowest BCUT2D eigenvalue weighted by Crippen LogP contribution is -2.27. The standard InChI is InChI=1S/C18H37NO2/c1-4-5-6-7-8-9-10-11-12-13-14-15-16-19(2)17-18(20)21-3/h4-17H2,1-3H3. The molecular weight excluding hydrogens is 262 g/mol. The van der Waals surface area contributed by atoms with E-state index in [1.807, 2.05) is 11.9 Å². The highest BCUT2D eigenvalue weighted by Crippen LogP contribution is 2.11. The fourth-order valence-electron chi connectivity index (χ4n) is 2.59. The second-order valence-electron chi connectivity index (χ2n) is 6.20. The molecule has 3 heteroatoms. The maximum atomic E-state index is 11.1. The SMILES string of the molecule is CCCCCCCCCCCCCCN(C)CC(=O)OC. The van der Waals surface area contributed by atoms with Gasteiger partial charge in [-0.25, -0.2) is 0 Å². The Morgan fingerprint density at radius 2 is 1.24 bits per heavy atom. The molecule has 0 aromatic heterocycles. The van der Waals surface area contributed by atoms with Crippen molar-refractivity contribution in [1.82, 2.24) is 4.90 Å². The predicted molar refractivity (Wildman–Crippen MR) is 90.6 cm³/mol. The first-order valence-corrected chi connectivity index (χ1v) is 8.96. The number of carbonyl (C=O) groups excluding carboxylic acids is 1. The van der Waals surface area contributed by atoms with Crippen molar-refractivity contribution in [2.75, 3.05) is 27.2 Å². The highest BCUT2D eigenvalue weighted by atomic mass is 16.5. The number of methoxy groups -OCH3 is 1. The molecule has 0 aromatic rings. The average molecular weight is 299 g/mol. The van der Waals surface area contributed by atoms with Gasteiger partial charge in [-0.15, -0.1) is 0 Å². The average Bonchev–Trinajstić information content (AvgIpc) is 2.48. The minimum atomic E-state index is -0.142. The molecule has 0 heterocycles. The van der Waals surface area contributed by atoms with E-state index in [-0.39, 0.29) is 5.97 Å². The van der Waals surface area contributed by atoms with Crippen molar-refractivity contribution in [3.8, 4) is 0 Å². The van der Waals surface area contributed by atoms with Crippen LogP contribution < -0.4 is 0 Å². The Morgan fingerprint density at radius 1 is 0.810 bits per heavy atom. The predicted octanol–water partition coefficient (Wildman–Crippen LogP) is 4.79. The van der Waals surface area contributed by atoms with E-state index in [1.165, 1.54) is 84.2 Å². The van der Waals surface area contributed by atoms with Gasteiger partial charge in [0.15, 0.2) is 0 Å². The summed E-state index contributed by atoms with van der Waals surface area (Å²) in [7, 11) is 3.43. The number of nitrogens with zero attached hydrogens (tertiary/aromatic N) is 1. The Morgan fingerprint density at radius 3 is 1.67 bits per heavy atom. The van der Waals surface area contributed by atoms with Crippen LogP contribution in [0.2, 0.25) is 0 Å². The van der Waals surface area contributed by atoms with Crippen LogP contribution in [0.15, 0.2) is 0 Å². The van der Waals surface area contributed by atoms with Gasteiger partial charge < -0.3 is 4.74 Å². The Kier molecular flexibility index (Phi) is 15.4. The highest BCUT2D eigenvalue weighted by Gasteiger charge is 2.04. The van der Waals surface area contributed by atoms with Gasteiger partial charge in [-0.3, -0.25) is 9.69 Å². The first-order valence-electron chi connectivity index (χ1n) is 8.96. The molecule has 0 bridgehead atoms. The van der Waals surface area contributed by atoms with Gasteiger partial charge >= 0.3 is 5.97 Å². The van der Waals surface area contributed by atoms with Crippen LogP contribution in [0.4, 0.5) is 0 Å². The van der Waals surface area contributed by atoms with Crippen LogP contribution in [0.25, 0.3) is 0 Å². The molecular formula is C18H37NO2. The van der Waals surface area contributed by atoms with Crippen LogP contribution in [0.5, 0.6) is 0 Å². The molecule has 0 atom stereocenters. The van der Waals surface area contributed by atoms with E-state index in [4.69, 9.17) is 0 Å². The minimum absolute atomic E-state index is 0.142. The van der Waals surface area contributed by atoms with Gasteiger partial charge in [0.1, 0.15) is 0 Å². The lowest BCUT2D eigenvalue weighted by Gasteiger charge is -2.14. The Hall–Kier alpha value is -0.570. The van der Waals surface area contributed by atoms with Gasteiger partial charge in [0.05, 0.1) is 13.7 Å². The fraction of sp³-hybridized carbons (Fsp3) is 0.944. The number of ether oxygens (including phenoxy) is 1. The molecule has 0 aliphatic carbocycles. The summed E-state index contributed by atoms with van der Waals surface area (Å²) in [6, 6.07) is 0. The minimum Gasteiger partial charge on any atom is -0.468 e. The van der Waals surface area contributed by atoms with Crippen LogP contribution in [0.1, 0.15) is 84.0 Å². The smallest absolute Gasteiger partial charge is 0.319 e. The lowest BCUT2D eigenvalue weighted by molar-refractivity contribution is -0.141. The molecule has 0 saturated heterocycles. The maximum absolute atomic E-state index is 11.1. The summed E-state index contributed by atoms with van der Waals surface area (Å²) in [6.07, 6.45) is 16.4. The molecule has 0 unspecified atom stereocenters. The van der Waals surface area contributed by atoms with Crippen molar-refractivity contribution in [2.45, 2.75) is 84.0 Å². The van der Waals surface area contributed by atoms with Crippen molar-refractivity contribution in [1.29, 1.82) is 0 Å². The highest BCUT2D eigenvalue weighted by molar-refractivity contribution is 5.71. The number of carbonyl (C=O) groups is 1. The van der Waals surface area contributed by atoms with Crippen molar-refractivity contribution >= 4 is 5.97 Å². The number of esters is 1. The Labute approximate surface area is 132 Å². The molecule has 21 heavy (non-hydrogen) atoms. The Balaban J connectivity index is 3.13. The Bertz CT molecular complexity index is 231. The summed E-state index contributed by atoms with van der Waals surface area (Å²) in [5.41, 5.74) is 0. The summed E-state index contributed by atoms with van der Waals surface area (Å²) >= 11 is 0. The molecule has 0 aliphatic heterocycles. The first-order chi connectivity index (χ1) is 10.2. The molecule has 3 nitrogen and oxygen atoms in total. The molecule has 0 rings (SSSR count). The molecule has 0 N–H and O–H groups in total. The van der Waals surface area contributed by atoms with Crippen molar-refractivity contribution < 1.29 is 9.53 Å². The van der Waals surface area contributed by atoms with Crippen molar-refractivity contribution in [2.24, 2.45) is 0 Å². The zero-order valence-corrected chi connectivity index (χ0v) is 14.7. The van der Waals surface area contributed by atoms with Gasteiger partial charge in [0.25, 0.3) is 0 Å². The van der Waals surface area contributed by atoms with E-state index in [9.17, 15) is 4.79 Å². The number of hydrogen-bond donors (Lipinski definition) is 0. The second kappa shape index (κ2) is 15.8. The summed E-state index contributed by atoms with van der Waals surface area (Å²) in [6.45, 7) is 3.67. The van der Waals surface area contributed by atoms with Crippen LogP contribution in [-0.2, 0) is 9.53 Å². The molecule has 0 amide bonds. The van der Waals surface area contributed by atoms with Crippen LogP contribution in [-0.4, -0.2) is 38.1 Å². The topological polar surface area (TPSA) is 29.5 Å². The van der Waals surface area contributed by atoms with Crippen LogP contribution in [0.3, 0.4) is 0 Å². The molecule has 0 radical (unpaired) electrons. The van der Waals surface area contributed by atoms with Crippen LogP contribution in [0, 0.1) is 0 Å². The largest absolute Gasteiger partial charge is 0.468 e. The summed E-state index contributed by atoms with van der Waals surface area (Å²) in [5, 5.41) is 0. The third-order valence-electron chi connectivity index (χ3n) is 4.02. The second-order valence-corrected chi connectivity index (χ2v) is 6.20. The van der Waals surface area contributed by atoms with Gasteiger partial charge in [-0.1, -0.05) is 77.6 Å². The van der Waals surface area contributed by atoms with Crippen molar-refractivity contribution in [3.05, 3.63) is 0 Å². The normalized spacial score (nSPS) is 11.0. The zero-order chi connectivity index (χ0) is 15.8. The van der Waals surface area contributed by atoms with E-state index in [0.29, 0.717) is 6.54 Å². The number of rotatable bonds is 15. The van der Waals surface area contributed by atoms with E-state index in [1.54, 1.807) is 0 Å². The van der Waals surface area contributed by atoms with Gasteiger partial charge in [-0.05, 0) is 20.0 Å². The van der Waals surface area contributed by atoms with Gasteiger partial charge in [0.2, 0.25) is 0 Å². The quantitative estimate of drug-likeness (QED) is 0.321. The van der Waals surface area contributed by atoms with E-state index >= 15 is 0 Å². The monoisotopic (exact) mass is 299 g/mol. The van der Waals surface area contributed by atoms with E-state index in [2.05, 4.69) is 11.7 Å². The number of unbranched alkanes of at least 4 members (excludes halogenated alkanes) is 11. The van der Waals surface area contributed by atoms with Gasteiger partial charge in [-0.2, -0.15) is 0 Å². The first kappa shape index (κ1) is 20.4. The van der Waals surface area contributed by atoms with Crippen LogP contribution >= 0.6 is 0 Å². The molecule has 126 valence electrons. The molecule has 0 spiro atoms. The molecule has 0 aromatic carbocycles. The maximum Gasteiger partial charge on any atom is 0.319 e. The lowest BCUT2D eigenvalue weighted by atomic mass is 10.1. The molecule has 0 aliphatic rings. The van der Waals surface area contributed by atoms with Crippen molar-refractivity contribution in [3.63, 3.8) is 0 Å². The zero-order valence-electron chi connectivity index (χ0n) is 14.7. The van der Waals surface area contributed by atoms with E-state index < -0.39 is 0 Å². The van der Waals surface area contributed by atoms with Gasteiger partial charge in [0, 0.05) is 0 Å². The third kappa shape index (κ3) is 15.6. The summed E-state index contributed by atoms with van der Waals surface area (Å²) in [4.78, 5) is 13.1.